The topological polar surface area (TPSA) is 51.6 Å². The predicted octanol–water partition coefficient (Wildman–Crippen LogP) is 11.1. The first-order chi connectivity index (χ1) is 23.8. The van der Waals surface area contributed by atoms with Crippen molar-refractivity contribution in [3.05, 3.63) is 170 Å². The summed E-state index contributed by atoms with van der Waals surface area (Å²) in [6.45, 7) is 0. The number of fused-ring (bicyclic) bond motifs is 3. The third-order valence-corrected chi connectivity index (χ3v) is 8.97. The molecule has 4 nitrogen and oxygen atoms in total. The van der Waals surface area contributed by atoms with Gasteiger partial charge in [0.15, 0.2) is 5.82 Å². The largest absolute Gasteiger partial charge is 0.244 e. The molecule has 2 aromatic heterocycles. The Labute approximate surface area is 278 Å². The number of hydrogen-bond donors (Lipinski definition) is 0. The quantitative estimate of drug-likeness (QED) is 0.181. The van der Waals surface area contributed by atoms with E-state index in [0.717, 1.165) is 72.4 Å². The predicted molar refractivity (Wildman–Crippen MR) is 197 cm³/mol. The zero-order chi connectivity index (χ0) is 31.9. The molecule has 0 aliphatic carbocycles. The van der Waals surface area contributed by atoms with Crippen molar-refractivity contribution in [3.8, 4) is 56.2 Å². The Hall–Kier alpha value is -6.52. The van der Waals surface area contributed by atoms with Gasteiger partial charge >= 0.3 is 0 Å². The normalized spacial score (nSPS) is 11.3. The van der Waals surface area contributed by atoms with Crippen molar-refractivity contribution < 1.29 is 0 Å². The molecular weight excluding hydrogens is 585 g/mol. The molecule has 0 spiro atoms. The Balaban J connectivity index is 1.20. The highest BCUT2D eigenvalue weighted by Crippen LogP contribution is 2.44. The number of benzene rings is 7. The van der Waals surface area contributed by atoms with Gasteiger partial charge in [0.1, 0.15) is 0 Å². The van der Waals surface area contributed by atoms with Gasteiger partial charge in [0, 0.05) is 40.2 Å². The van der Waals surface area contributed by atoms with Crippen LogP contribution in [0.15, 0.2) is 170 Å². The van der Waals surface area contributed by atoms with Gasteiger partial charge in [0.25, 0.3) is 0 Å². The van der Waals surface area contributed by atoms with Gasteiger partial charge in [0.05, 0.1) is 22.4 Å². The van der Waals surface area contributed by atoms with Gasteiger partial charge in [-0.3, -0.25) is 0 Å². The fraction of sp³-hybridized carbons (Fsp3) is 0. The fourth-order valence-electron chi connectivity index (χ4n) is 6.74. The van der Waals surface area contributed by atoms with Gasteiger partial charge in [-0.2, -0.15) is 0 Å². The Kier molecular flexibility index (Phi) is 6.76. The lowest BCUT2D eigenvalue weighted by Gasteiger charge is -2.18. The fourth-order valence-corrected chi connectivity index (χ4v) is 6.74. The SMILES string of the molecule is c1ccc(-c2ncc(-c3c4ccccc4c(-c4ccc(-c5nc6ccccc6nc5-c5ccccc5)cc4)c4ccccc34)cn2)cc1. The van der Waals surface area contributed by atoms with Crippen LogP contribution >= 0.6 is 0 Å². The zero-order valence-electron chi connectivity index (χ0n) is 26.0. The molecule has 0 atom stereocenters. The molecule has 0 amide bonds. The highest BCUT2D eigenvalue weighted by atomic mass is 14.9. The molecule has 0 saturated heterocycles. The number of aromatic nitrogens is 4. The molecule has 4 heteroatoms. The molecule has 0 unspecified atom stereocenters. The van der Waals surface area contributed by atoms with E-state index in [-0.39, 0.29) is 0 Å². The molecule has 7 aromatic carbocycles. The second-order valence-electron chi connectivity index (χ2n) is 11.9. The van der Waals surface area contributed by atoms with Crippen LogP contribution in [0.3, 0.4) is 0 Å². The van der Waals surface area contributed by atoms with Crippen LogP contribution in [0.25, 0.3) is 88.7 Å². The number of nitrogens with zero attached hydrogens (tertiary/aromatic N) is 4. The first-order valence-electron chi connectivity index (χ1n) is 16.1. The van der Waals surface area contributed by atoms with Crippen molar-refractivity contribution in [1.82, 2.24) is 19.9 Å². The van der Waals surface area contributed by atoms with Crippen LogP contribution in [0.1, 0.15) is 0 Å². The molecule has 2 heterocycles. The van der Waals surface area contributed by atoms with Crippen molar-refractivity contribution in [2.75, 3.05) is 0 Å². The maximum absolute atomic E-state index is 5.12. The highest BCUT2D eigenvalue weighted by molar-refractivity contribution is 6.21. The van der Waals surface area contributed by atoms with Crippen molar-refractivity contribution in [1.29, 1.82) is 0 Å². The molecular formula is C44H28N4. The smallest absolute Gasteiger partial charge is 0.159 e. The van der Waals surface area contributed by atoms with Gasteiger partial charge in [0.2, 0.25) is 0 Å². The molecule has 0 radical (unpaired) electrons. The van der Waals surface area contributed by atoms with E-state index in [1.165, 1.54) is 16.3 Å². The highest BCUT2D eigenvalue weighted by Gasteiger charge is 2.18. The van der Waals surface area contributed by atoms with Crippen LogP contribution in [0.5, 0.6) is 0 Å². The molecule has 9 rings (SSSR count). The van der Waals surface area contributed by atoms with Crippen LogP contribution in [0.2, 0.25) is 0 Å². The van der Waals surface area contributed by atoms with E-state index in [0.29, 0.717) is 0 Å². The summed E-state index contributed by atoms with van der Waals surface area (Å²) in [5.74, 6) is 0.719. The molecule has 48 heavy (non-hydrogen) atoms. The molecule has 0 aliphatic rings. The molecule has 0 bridgehead atoms. The zero-order valence-corrected chi connectivity index (χ0v) is 26.0. The van der Waals surface area contributed by atoms with Crippen molar-refractivity contribution >= 4 is 32.6 Å². The summed E-state index contributed by atoms with van der Waals surface area (Å²) in [6.07, 6.45) is 3.90. The summed E-state index contributed by atoms with van der Waals surface area (Å²) in [7, 11) is 0. The van der Waals surface area contributed by atoms with Crippen LogP contribution in [0.4, 0.5) is 0 Å². The van der Waals surface area contributed by atoms with E-state index < -0.39 is 0 Å². The lowest BCUT2D eigenvalue weighted by atomic mass is 9.86. The second-order valence-corrected chi connectivity index (χ2v) is 11.9. The number of rotatable bonds is 5. The molecule has 0 saturated carbocycles. The average Bonchev–Trinajstić information content (AvgIpc) is 3.17. The lowest BCUT2D eigenvalue weighted by Crippen LogP contribution is -1.96. The van der Waals surface area contributed by atoms with Gasteiger partial charge in [-0.25, -0.2) is 19.9 Å². The van der Waals surface area contributed by atoms with E-state index >= 15 is 0 Å². The van der Waals surface area contributed by atoms with E-state index in [2.05, 4.69) is 84.9 Å². The minimum Gasteiger partial charge on any atom is -0.244 e. The standard InChI is InChI=1S/C44H28N4/c1-3-13-30(14-4-1)42-43(48-39-22-12-11-21-38(39)47-42)31-25-23-29(24-26-31)40-34-17-7-9-19-36(34)41(37-20-10-8-18-35(37)40)33-27-45-44(46-28-33)32-15-5-2-6-16-32/h1-28H. The summed E-state index contributed by atoms with van der Waals surface area (Å²) in [6, 6.07) is 54.5. The van der Waals surface area contributed by atoms with E-state index in [1.807, 2.05) is 85.2 Å². The molecule has 0 aliphatic heterocycles. The molecule has 0 fully saturated rings. The van der Waals surface area contributed by atoms with Crippen molar-refractivity contribution in [3.63, 3.8) is 0 Å². The van der Waals surface area contributed by atoms with Gasteiger partial charge < -0.3 is 0 Å². The van der Waals surface area contributed by atoms with E-state index in [1.54, 1.807) is 0 Å². The van der Waals surface area contributed by atoms with Crippen LogP contribution in [-0.2, 0) is 0 Å². The summed E-state index contributed by atoms with van der Waals surface area (Å²) in [5, 5.41) is 4.69. The van der Waals surface area contributed by atoms with E-state index in [9.17, 15) is 0 Å². The average molecular weight is 613 g/mol. The minimum absolute atomic E-state index is 0.719. The Bertz CT molecular complexity index is 2520. The Morgan fingerprint density at radius 2 is 0.667 bits per heavy atom. The molecule has 9 aromatic rings. The summed E-state index contributed by atoms with van der Waals surface area (Å²) >= 11 is 0. The van der Waals surface area contributed by atoms with Crippen LogP contribution in [0, 0.1) is 0 Å². The monoisotopic (exact) mass is 612 g/mol. The molecule has 224 valence electrons. The first-order valence-corrected chi connectivity index (χ1v) is 16.1. The summed E-state index contributed by atoms with van der Waals surface area (Å²) < 4.78 is 0. The first kappa shape index (κ1) is 27.8. The third kappa shape index (κ3) is 4.79. The van der Waals surface area contributed by atoms with Gasteiger partial charge in [-0.05, 0) is 44.8 Å². The number of hydrogen-bond acceptors (Lipinski definition) is 4. The molecule has 0 N–H and O–H groups in total. The Morgan fingerprint density at radius 1 is 0.292 bits per heavy atom. The van der Waals surface area contributed by atoms with Crippen molar-refractivity contribution in [2.45, 2.75) is 0 Å². The summed E-state index contributed by atoms with van der Waals surface area (Å²) in [5.41, 5.74) is 11.1. The second kappa shape index (κ2) is 11.7. The Morgan fingerprint density at radius 3 is 1.17 bits per heavy atom. The van der Waals surface area contributed by atoms with Crippen LogP contribution < -0.4 is 0 Å². The maximum Gasteiger partial charge on any atom is 0.159 e. The van der Waals surface area contributed by atoms with Gasteiger partial charge in [-0.15, -0.1) is 0 Å². The van der Waals surface area contributed by atoms with Crippen molar-refractivity contribution in [2.24, 2.45) is 0 Å². The van der Waals surface area contributed by atoms with Crippen LogP contribution in [-0.4, -0.2) is 19.9 Å². The summed E-state index contributed by atoms with van der Waals surface area (Å²) in [4.78, 5) is 19.8. The maximum atomic E-state index is 5.12. The third-order valence-electron chi connectivity index (χ3n) is 8.97. The minimum atomic E-state index is 0.719. The van der Waals surface area contributed by atoms with E-state index in [4.69, 9.17) is 19.9 Å². The van der Waals surface area contributed by atoms with Gasteiger partial charge in [-0.1, -0.05) is 146 Å². The lowest BCUT2D eigenvalue weighted by molar-refractivity contribution is 1.18. The number of para-hydroxylation sites is 2.